The van der Waals surface area contributed by atoms with E-state index in [1.54, 1.807) is 5.01 Å². The third-order valence-electron chi connectivity index (χ3n) is 0.863. The van der Waals surface area contributed by atoms with Gasteiger partial charge in [-0.25, -0.2) is 0 Å². The summed E-state index contributed by atoms with van der Waals surface area (Å²) in [5, 5.41) is 1.81. The molecule has 1 radical (unpaired) electrons. The molecular weight excluding hydrogens is 156 g/mol. The average molecular weight is 162 g/mol. The molecule has 0 aromatic heterocycles. The predicted molar refractivity (Wildman–Crippen MR) is 31.8 cm³/mol. The minimum atomic E-state index is 0.817. The van der Waals surface area contributed by atoms with Gasteiger partial charge in [0.1, 0.15) is 0 Å². The van der Waals surface area contributed by atoms with Crippen molar-refractivity contribution in [1.29, 1.82) is 0 Å². The summed E-state index contributed by atoms with van der Waals surface area (Å²) in [7, 11) is 1.91. The van der Waals surface area contributed by atoms with Crippen LogP contribution in [0.25, 0.3) is 0 Å². The van der Waals surface area contributed by atoms with Crippen molar-refractivity contribution in [3.8, 4) is 0 Å². The van der Waals surface area contributed by atoms with E-state index in [0.29, 0.717) is 0 Å². The maximum absolute atomic E-state index is 4.01. The summed E-state index contributed by atoms with van der Waals surface area (Å²) in [4.78, 5) is 0. The molecule has 2 nitrogen and oxygen atoms in total. The molecule has 0 N–H and O–H groups in total. The highest BCUT2D eigenvalue weighted by Gasteiger charge is 2.05. The second-order valence-corrected chi connectivity index (χ2v) is 2.19. The van der Waals surface area contributed by atoms with Gasteiger partial charge in [0.15, 0.2) is 0 Å². The van der Waals surface area contributed by atoms with Gasteiger partial charge >= 0.3 is 0 Å². The summed E-state index contributed by atoms with van der Waals surface area (Å²) in [6.45, 7) is 0.817. The molecule has 1 rings (SSSR count). The predicted octanol–water partition coefficient (Wildman–Crippen LogP) is 0.687. The van der Waals surface area contributed by atoms with Crippen molar-refractivity contribution in [3.05, 3.63) is 10.7 Å². The molecule has 0 aromatic rings. The van der Waals surface area contributed by atoms with Crippen LogP contribution < -0.4 is 5.43 Å². The summed E-state index contributed by atoms with van der Waals surface area (Å²) < 4.78 is 1.06. The van der Waals surface area contributed by atoms with Crippen molar-refractivity contribution in [3.63, 3.8) is 0 Å². The summed E-state index contributed by atoms with van der Waals surface area (Å²) >= 11 is 3.30. The summed E-state index contributed by atoms with van der Waals surface area (Å²) in [6.07, 6.45) is 2.01. The van der Waals surface area contributed by atoms with Crippen LogP contribution in [-0.2, 0) is 0 Å². The van der Waals surface area contributed by atoms with Crippen molar-refractivity contribution in [1.82, 2.24) is 10.4 Å². The van der Waals surface area contributed by atoms with Crippen LogP contribution in [0.15, 0.2) is 10.7 Å². The van der Waals surface area contributed by atoms with Gasteiger partial charge in [0, 0.05) is 7.05 Å². The van der Waals surface area contributed by atoms with E-state index in [2.05, 4.69) is 21.4 Å². The van der Waals surface area contributed by atoms with Crippen LogP contribution in [0.1, 0.15) is 0 Å². The Labute approximate surface area is 51.3 Å². The van der Waals surface area contributed by atoms with Crippen LogP contribution in [0.2, 0.25) is 0 Å². The Morgan fingerprint density at radius 3 is 2.86 bits per heavy atom. The van der Waals surface area contributed by atoms with Crippen molar-refractivity contribution >= 4 is 15.9 Å². The minimum absolute atomic E-state index is 0.817. The first kappa shape index (κ1) is 5.12. The molecule has 1 aliphatic heterocycles. The van der Waals surface area contributed by atoms with Crippen LogP contribution in [0.5, 0.6) is 0 Å². The number of hydrogen-bond acceptors (Lipinski definition) is 1. The lowest BCUT2D eigenvalue weighted by atomic mass is 10.7. The smallest absolute Gasteiger partial charge is 0.0935 e. The molecule has 0 bridgehead atoms. The van der Waals surface area contributed by atoms with Gasteiger partial charge < -0.3 is 0 Å². The molecule has 0 aromatic carbocycles. The van der Waals surface area contributed by atoms with E-state index in [1.165, 1.54) is 0 Å². The van der Waals surface area contributed by atoms with Crippen molar-refractivity contribution in [2.45, 2.75) is 0 Å². The lowest BCUT2D eigenvalue weighted by Crippen LogP contribution is -2.17. The fraction of sp³-hybridized carbons (Fsp3) is 0.500. The van der Waals surface area contributed by atoms with Crippen LogP contribution in [0.3, 0.4) is 0 Å². The largest absolute Gasteiger partial charge is 0.287 e. The first-order valence-electron chi connectivity index (χ1n) is 2.07. The van der Waals surface area contributed by atoms with Crippen molar-refractivity contribution in [2.24, 2.45) is 0 Å². The molecule has 0 atom stereocenters. The molecule has 0 saturated heterocycles. The van der Waals surface area contributed by atoms with Gasteiger partial charge in [-0.3, -0.25) is 5.01 Å². The number of halogens is 1. The van der Waals surface area contributed by atoms with Crippen LogP contribution >= 0.6 is 15.9 Å². The van der Waals surface area contributed by atoms with Crippen molar-refractivity contribution < 1.29 is 0 Å². The summed E-state index contributed by atoms with van der Waals surface area (Å²) in [6, 6.07) is 0. The Morgan fingerprint density at radius 1 is 2.00 bits per heavy atom. The Balaban J connectivity index is 2.54. The third kappa shape index (κ3) is 0.951. The highest BCUT2D eigenvalue weighted by atomic mass is 79.9. The van der Waals surface area contributed by atoms with Gasteiger partial charge in [0.05, 0.1) is 11.2 Å². The number of hydrogen-bond donors (Lipinski definition) is 0. The molecule has 0 spiro atoms. The first-order valence-corrected chi connectivity index (χ1v) is 2.87. The first-order chi connectivity index (χ1) is 3.30. The lowest BCUT2D eigenvalue weighted by molar-refractivity contribution is 0.357. The molecule has 0 saturated carbocycles. The molecule has 7 heavy (non-hydrogen) atoms. The van der Waals surface area contributed by atoms with Crippen molar-refractivity contribution in [2.75, 3.05) is 13.6 Å². The van der Waals surface area contributed by atoms with Gasteiger partial charge in [-0.2, -0.15) is 0 Å². The summed E-state index contributed by atoms with van der Waals surface area (Å²) in [5.74, 6) is 0. The van der Waals surface area contributed by atoms with Gasteiger partial charge in [-0.15, -0.1) is 5.43 Å². The second-order valence-electron chi connectivity index (χ2n) is 1.37. The minimum Gasteiger partial charge on any atom is -0.287 e. The maximum Gasteiger partial charge on any atom is 0.0935 e. The van der Waals surface area contributed by atoms with E-state index in [0.717, 1.165) is 11.2 Å². The van der Waals surface area contributed by atoms with Gasteiger partial charge in [0.2, 0.25) is 0 Å². The quantitative estimate of drug-likeness (QED) is 0.479. The van der Waals surface area contributed by atoms with Crippen LogP contribution in [0, 0.1) is 0 Å². The zero-order valence-electron chi connectivity index (χ0n) is 4.06. The Kier molecular flexibility index (Phi) is 1.35. The van der Waals surface area contributed by atoms with E-state index in [4.69, 9.17) is 0 Å². The number of nitrogens with zero attached hydrogens (tertiary/aromatic N) is 2. The fourth-order valence-electron chi connectivity index (χ4n) is 0.438. The fourth-order valence-corrected chi connectivity index (χ4v) is 0.695. The normalized spacial score (nSPS) is 20.3. The van der Waals surface area contributed by atoms with E-state index in [9.17, 15) is 0 Å². The third-order valence-corrected chi connectivity index (χ3v) is 1.70. The lowest BCUT2D eigenvalue weighted by Gasteiger charge is -2.06. The topological polar surface area (TPSA) is 17.3 Å². The highest BCUT2D eigenvalue weighted by Crippen LogP contribution is 2.11. The SMILES string of the molecule is CN1[N]CC=C1Br. The molecular formula is C4H6BrN2. The maximum atomic E-state index is 4.01. The van der Waals surface area contributed by atoms with Gasteiger partial charge in [-0.1, -0.05) is 0 Å². The monoisotopic (exact) mass is 161 g/mol. The number of rotatable bonds is 0. The van der Waals surface area contributed by atoms with Crippen LogP contribution in [-0.4, -0.2) is 18.6 Å². The molecule has 1 heterocycles. The molecule has 3 heteroatoms. The Bertz CT molecular complexity index is 99.9. The van der Waals surface area contributed by atoms with E-state index in [1.807, 2.05) is 13.1 Å². The van der Waals surface area contributed by atoms with E-state index >= 15 is 0 Å². The molecule has 39 valence electrons. The zero-order valence-corrected chi connectivity index (χ0v) is 5.64. The molecule has 0 unspecified atom stereocenters. The van der Waals surface area contributed by atoms with Crippen LogP contribution in [0.4, 0.5) is 0 Å². The molecule has 0 aliphatic carbocycles. The molecule has 0 amide bonds. The summed E-state index contributed by atoms with van der Waals surface area (Å²) in [5.41, 5.74) is 4.01. The molecule has 1 aliphatic rings. The zero-order chi connectivity index (χ0) is 5.28. The Morgan fingerprint density at radius 2 is 2.71 bits per heavy atom. The van der Waals surface area contributed by atoms with E-state index < -0.39 is 0 Å². The Hall–Kier alpha value is -0.0200. The standard InChI is InChI=1S/C4H6BrN2/c1-7-4(5)2-3-6-7/h2H,3H2,1H3. The second kappa shape index (κ2) is 1.84. The van der Waals surface area contributed by atoms with Gasteiger partial charge in [0.25, 0.3) is 0 Å². The van der Waals surface area contributed by atoms with E-state index in [-0.39, 0.29) is 0 Å². The highest BCUT2D eigenvalue weighted by molar-refractivity contribution is 9.11. The molecule has 0 fully saturated rings. The average Bonchev–Trinajstić information content (AvgIpc) is 1.91. The van der Waals surface area contributed by atoms with Gasteiger partial charge in [-0.05, 0) is 22.0 Å².